The molecular weight excluding hydrogens is 261 g/mol. The molecule has 0 fully saturated rings. The van der Waals surface area contributed by atoms with Crippen LogP contribution in [-0.4, -0.2) is 25.8 Å². The van der Waals surface area contributed by atoms with Crippen LogP contribution in [0.2, 0.25) is 0 Å². The highest BCUT2D eigenvalue weighted by atomic mass is 19.4. The minimum absolute atomic E-state index is 0.141. The number of rotatable bonds is 4. The lowest BCUT2D eigenvalue weighted by molar-refractivity contribution is -0.191. The summed E-state index contributed by atoms with van der Waals surface area (Å²) < 4.78 is 43.6. The summed E-state index contributed by atoms with van der Waals surface area (Å²) in [6.45, 7) is -0.200. The van der Waals surface area contributed by atoms with E-state index in [0.717, 1.165) is 12.1 Å². The molecule has 4 nitrogen and oxygen atoms in total. The highest BCUT2D eigenvalue weighted by molar-refractivity contribution is 5.89. The molecule has 1 atom stereocenters. The Kier molecular flexibility index (Phi) is 4.54. The van der Waals surface area contributed by atoms with Gasteiger partial charge >= 0.3 is 12.1 Å². The van der Waals surface area contributed by atoms with Gasteiger partial charge in [0.1, 0.15) is 5.54 Å². The van der Waals surface area contributed by atoms with Gasteiger partial charge < -0.3 is 16.2 Å². The summed E-state index contributed by atoms with van der Waals surface area (Å²) in [4.78, 5) is 11.2. The number of hydrogen-bond acceptors (Lipinski definition) is 4. The van der Waals surface area contributed by atoms with Crippen molar-refractivity contribution in [2.75, 3.05) is 13.7 Å². The van der Waals surface area contributed by atoms with Crippen LogP contribution in [0.4, 0.5) is 13.2 Å². The van der Waals surface area contributed by atoms with Crippen molar-refractivity contribution in [1.82, 2.24) is 0 Å². The topological polar surface area (TPSA) is 78.3 Å². The van der Waals surface area contributed by atoms with E-state index < -0.39 is 24.1 Å². The van der Waals surface area contributed by atoms with Crippen LogP contribution in [0.15, 0.2) is 24.3 Å². The third kappa shape index (κ3) is 3.05. The average molecular weight is 276 g/mol. The molecule has 0 radical (unpaired) electrons. The maximum absolute atomic E-state index is 13.0. The normalized spacial score (nSPS) is 14.8. The van der Waals surface area contributed by atoms with Gasteiger partial charge in [0.25, 0.3) is 0 Å². The smallest absolute Gasteiger partial charge is 0.410 e. The zero-order chi connectivity index (χ0) is 14.7. The molecule has 0 saturated heterocycles. The molecule has 0 heterocycles. The SMILES string of the molecule is COC(=O)c1ccc(C(N)(CCN)C(F)(F)F)cc1. The van der Waals surface area contributed by atoms with Gasteiger partial charge in [-0.15, -0.1) is 0 Å². The first-order valence-electron chi connectivity index (χ1n) is 5.51. The molecule has 1 aromatic rings. The number of alkyl halides is 3. The lowest BCUT2D eigenvalue weighted by Gasteiger charge is -2.32. The van der Waals surface area contributed by atoms with Crippen LogP contribution in [0.1, 0.15) is 22.3 Å². The van der Waals surface area contributed by atoms with Gasteiger partial charge in [0, 0.05) is 0 Å². The molecule has 0 aliphatic heterocycles. The first kappa shape index (κ1) is 15.5. The molecule has 0 spiro atoms. The fraction of sp³-hybridized carbons (Fsp3) is 0.417. The summed E-state index contributed by atoms with van der Waals surface area (Å²) >= 11 is 0. The van der Waals surface area contributed by atoms with Gasteiger partial charge in [-0.2, -0.15) is 13.2 Å². The molecule has 7 heteroatoms. The summed E-state index contributed by atoms with van der Waals surface area (Å²) in [7, 11) is 1.19. The zero-order valence-electron chi connectivity index (χ0n) is 10.3. The van der Waals surface area contributed by atoms with E-state index in [0.29, 0.717) is 0 Å². The second-order valence-corrected chi connectivity index (χ2v) is 4.08. The van der Waals surface area contributed by atoms with E-state index in [4.69, 9.17) is 11.5 Å². The van der Waals surface area contributed by atoms with E-state index in [2.05, 4.69) is 4.74 Å². The molecule has 0 aliphatic carbocycles. The van der Waals surface area contributed by atoms with Crippen LogP contribution < -0.4 is 11.5 Å². The van der Waals surface area contributed by atoms with Gasteiger partial charge in [0.05, 0.1) is 12.7 Å². The Morgan fingerprint density at radius 2 is 1.79 bits per heavy atom. The van der Waals surface area contributed by atoms with Gasteiger partial charge in [0.2, 0.25) is 0 Å². The minimum Gasteiger partial charge on any atom is -0.465 e. The third-order valence-corrected chi connectivity index (χ3v) is 2.87. The molecule has 1 aromatic carbocycles. The quantitative estimate of drug-likeness (QED) is 0.818. The Labute approximate surface area is 108 Å². The molecule has 0 bridgehead atoms. The largest absolute Gasteiger partial charge is 0.465 e. The second-order valence-electron chi connectivity index (χ2n) is 4.08. The fourth-order valence-corrected chi connectivity index (χ4v) is 1.70. The predicted octanol–water partition coefficient (Wildman–Crippen LogP) is 1.54. The molecule has 1 unspecified atom stereocenters. The van der Waals surface area contributed by atoms with Crippen molar-refractivity contribution in [3.05, 3.63) is 35.4 Å². The van der Waals surface area contributed by atoms with Crippen molar-refractivity contribution in [1.29, 1.82) is 0 Å². The van der Waals surface area contributed by atoms with E-state index in [9.17, 15) is 18.0 Å². The van der Waals surface area contributed by atoms with Crippen LogP contribution >= 0.6 is 0 Å². The minimum atomic E-state index is -4.63. The van der Waals surface area contributed by atoms with E-state index >= 15 is 0 Å². The molecule has 0 saturated carbocycles. The number of hydrogen-bond donors (Lipinski definition) is 2. The second kappa shape index (κ2) is 5.58. The predicted molar refractivity (Wildman–Crippen MR) is 63.4 cm³/mol. The molecule has 0 aromatic heterocycles. The number of carbonyl (C=O) groups excluding carboxylic acids is 1. The number of nitrogens with two attached hydrogens (primary N) is 2. The summed E-state index contributed by atoms with van der Waals surface area (Å²) in [5.74, 6) is -0.625. The Hall–Kier alpha value is -1.60. The summed E-state index contributed by atoms with van der Waals surface area (Å²) in [6, 6.07) is 4.81. The van der Waals surface area contributed by atoms with Gasteiger partial charge in [-0.25, -0.2) is 4.79 Å². The van der Waals surface area contributed by atoms with Crippen LogP contribution in [0.3, 0.4) is 0 Å². The summed E-state index contributed by atoms with van der Waals surface area (Å²) in [5.41, 5.74) is 8.14. The lowest BCUT2D eigenvalue weighted by Crippen LogP contribution is -2.51. The van der Waals surface area contributed by atoms with Gasteiger partial charge in [-0.05, 0) is 30.7 Å². The van der Waals surface area contributed by atoms with Crippen LogP contribution in [0.25, 0.3) is 0 Å². The zero-order valence-corrected chi connectivity index (χ0v) is 10.3. The Bertz CT molecular complexity index is 445. The number of methoxy groups -OCH3 is 1. The van der Waals surface area contributed by atoms with E-state index in [1.54, 1.807) is 0 Å². The standard InChI is InChI=1S/C12H15F3N2O2/c1-19-10(18)8-2-4-9(5-3-8)11(17,6-7-16)12(13,14)15/h2-5H,6-7,16-17H2,1H3. The summed E-state index contributed by atoms with van der Waals surface area (Å²) in [5, 5.41) is 0. The highest BCUT2D eigenvalue weighted by Gasteiger charge is 2.52. The van der Waals surface area contributed by atoms with Gasteiger partial charge in [0.15, 0.2) is 0 Å². The van der Waals surface area contributed by atoms with E-state index in [1.165, 1.54) is 19.2 Å². The Morgan fingerprint density at radius 1 is 1.26 bits per heavy atom. The van der Waals surface area contributed by atoms with Crippen molar-refractivity contribution in [3.63, 3.8) is 0 Å². The van der Waals surface area contributed by atoms with Gasteiger partial charge in [-0.1, -0.05) is 12.1 Å². The monoisotopic (exact) mass is 276 g/mol. The van der Waals surface area contributed by atoms with Crippen molar-refractivity contribution >= 4 is 5.97 Å². The number of benzene rings is 1. The summed E-state index contributed by atoms with van der Waals surface area (Å²) in [6.07, 6.45) is -5.06. The maximum Gasteiger partial charge on any atom is 0.410 e. The third-order valence-electron chi connectivity index (χ3n) is 2.87. The molecule has 1 rings (SSSR count). The van der Waals surface area contributed by atoms with E-state index in [1.807, 2.05) is 0 Å². The van der Waals surface area contributed by atoms with Crippen molar-refractivity contribution in [2.24, 2.45) is 11.5 Å². The molecule has 0 aliphatic rings. The Morgan fingerprint density at radius 3 is 2.16 bits per heavy atom. The lowest BCUT2D eigenvalue weighted by atomic mass is 9.86. The fourth-order valence-electron chi connectivity index (χ4n) is 1.70. The van der Waals surface area contributed by atoms with Crippen molar-refractivity contribution < 1.29 is 22.7 Å². The molecule has 0 amide bonds. The maximum atomic E-state index is 13.0. The molecular formula is C12H15F3N2O2. The molecule has 4 N–H and O–H groups in total. The molecule has 19 heavy (non-hydrogen) atoms. The van der Waals surface area contributed by atoms with Crippen LogP contribution in [-0.2, 0) is 10.3 Å². The average Bonchev–Trinajstić information content (AvgIpc) is 2.37. The van der Waals surface area contributed by atoms with Crippen LogP contribution in [0, 0.1) is 0 Å². The highest BCUT2D eigenvalue weighted by Crippen LogP contribution is 2.39. The van der Waals surface area contributed by atoms with E-state index in [-0.39, 0.29) is 17.7 Å². The van der Waals surface area contributed by atoms with Crippen LogP contribution in [0.5, 0.6) is 0 Å². The number of halogens is 3. The molecule has 106 valence electrons. The number of esters is 1. The number of carbonyl (C=O) groups is 1. The first-order valence-corrected chi connectivity index (χ1v) is 5.51. The Balaban J connectivity index is 3.15. The van der Waals surface area contributed by atoms with Crippen molar-refractivity contribution in [3.8, 4) is 0 Å². The van der Waals surface area contributed by atoms with Crippen molar-refractivity contribution in [2.45, 2.75) is 18.1 Å². The number of ether oxygens (including phenoxy) is 1. The van der Waals surface area contributed by atoms with Gasteiger partial charge in [-0.3, -0.25) is 0 Å². The first-order chi connectivity index (χ1) is 8.76.